The molecular formula is C20H32N4O. The maximum absolute atomic E-state index is 12.4. The minimum absolute atomic E-state index is 0.134. The van der Waals surface area contributed by atoms with E-state index in [-0.39, 0.29) is 11.4 Å². The summed E-state index contributed by atoms with van der Waals surface area (Å²) in [7, 11) is 2.19. The van der Waals surface area contributed by atoms with Crippen LogP contribution in [0.25, 0.3) is 0 Å². The standard InChI is InChI=1S/C20H32N4O/c1-23-13-15-24(16-14-23)20(9-11-21-12-10-20)17-22-19(25)8-7-18-5-3-2-4-6-18/h2-6,21H,7-17H2,1H3,(H,22,25). The Bertz CT molecular complexity index is 534. The van der Waals surface area contributed by atoms with E-state index in [1.807, 2.05) is 18.2 Å². The smallest absolute Gasteiger partial charge is 0.220 e. The third kappa shape index (κ3) is 5.03. The number of nitrogens with one attached hydrogen (secondary N) is 2. The molecule has 2 aliphatic heterocycles. The van der Waals surface area contributed by atoms with Gasteiger partial charge in [0.1, 0.15) is 0 Å². The number of piperazine rings is 1. The number of carbonyl (C=O) groups excluding carboxylic acids is 1. The lowest BCUT2D eigenvalue weighted by atomic mass is 9.85. The topological polar surface area (TPSA) is 47.6 Å². The fraction of sp³-hybridized carbons (Fsp3) is 0.650. The molecule has 25 heavy (non-hydrogen) atoms. The predicted molar refractivity (Wildman–Crippen MR) is 102 cm³/mol. The Labute approximate surface area is 151 Å². The average molecular weight is 345 g/mol. The second-order valence-electron chi connectivity index (χ2n) is 7.53. The summed E-state index contributed by atoms with van der Waals surface area (Å²) in [5.41, 5.74) is 1.36. The first-order valence-corrected chi connectivity index (χ1v) is 9.63. The lowest BCUT2D eigenvalue weighted by Crippen LogP contribution is -2.64. The average Bonchev–Trinajstić information content (AvgIpc) is 2.67. The van der Waals surface area contributed by atoms with Gasteiger partial charge in [-0.05, 0) is 45.0 Å². The van der Waals surface area contributed by atoms with Gasteiger partial charge < -0.3 is 15.5 Å². The van der Waals surface area contributed by atoms with Crippen molar-refractivity contribution in [2.75, 3.05) is 52.9 Å². The first-order valence-electron chi connectivity index (χ1n) is 9.63. The van der Waals surface area contributed by atoms with Crippen LogP contribution < -0.4 is 10.6 Å². The number of aryl methyl sites for hydroxylation is 1. The van der Waals surface area contributed by atoms with Crippen molar-refractivity contribution in [1.82, 2.24) is 20.4 Å². The molecule has 0 spiro atoms. The molecule has 138 valence electrons. The van der Waals surface area contributed by atoms with E-state index in [0.29, 0.717) is 6.42 Å². The lowest BCUT2D eigenvalue weighted by Gasteiger charge is -2.49. The van der Waals surface area contributed by atoms with Gasteiger partial charge in [0.05, 0.1) is 0 Å². The Hall–Kier alpha value is -1.43. The van der Waals surface area contributed by atoms with Crippen molar-refractivity contribution in [3.05, 3.63) is 35.9 Å². The van der Waals surface area contributed by atoms with E-state index in [4.69, 9.17) is 0 Å². The Kier molecular flexibility index (Phi) is 6.45. The molecule has 3 rings (SSSR count). The van der Waals surface area contributed by atoms with Crippen LogP contribution in [0.3, 0.4) is 0 Å². The summed E-state index contributed by atoms with van der Waals surface area (Å²) in [6, 6.07) is 10.3. The second kappa shape index (κ2) is 8.79. The fourth-order valence-corrected chi connectivity index (χ4v) is 4.03. The SMILES string of the molecule is CN1CCN(C2(CNC(=O)CCc3ccccc3)CCNCC2)CC1. The number of nitrogens with zero attached hydrogens (tertiary/aromatic N) is 2. The van der Waals surface area contributed by atoms with E-state index in [2.05, 4.69) is 39.6 Å². The predicted octanol–water partition coefficient (Wildman–Crippen LogP) is 1.11. The monoisotopic (exact) mass is 344 g/mol. The van der Waals surface area contributed by atoms with Crippen LogP contribution in [0.2, 0.25) is 0 Å². The maximum Gasteiger partial charge on any atom is 0.220 e. The second-order valence-corrected chi connectivity index (χ2v) is 7.53. The number of rotatable bonds is 6. The van der Waals surface area contributed by atoms with Gasteiger partial charge in [-0.3, -0.25) is 9.69 Å². The van der Waals surface area contributed by atoms with Gasteiger partial charge in [-0.1, -0.05) is 30.3 Å². The molecule has 0 unspecified atom stereocenters. The number of amides is 1. The number of carbonyl (C=O) groups is 1. The number of hydrogen-bond acceptors (Lipinski definition) is 4. The molecule has 0 aliphatic carbocycles. The summed E-state index contributed by atoms with van der Waals surface area (Å²) in [5, 5.41) is 6.72. The molecule has 1 aromatic carbocycles. The molecular weight excluding hydrogens is 312 g/mol. The van der Waals surface area contributed by atoms with Crippen LogP contribution in [0.1, 0.15) is 24.8 Å². The zero-order valence-electron chi connectivity index (χ0n) is 15.5. The number of likely N-dealkylation sites (N-methyl/N-ethyl adjacent to an activating group) is 1. The van der Waals surface area contributed by atoms with Gasteiger partial charge in [0, 0.05) is 44.7 Å². The van der Waals surface area contributed by atoms with E-state index in [0.717, 1.165) is 65.1 Å². The molecule has 5 heteroatoms. The molecule has 0 atom stereocenters. The van der Waals surface area contributed by atoms with Gasteiger partial charge in [0.15, 0.2) is 0 Å². The van der Waals surface area contributed by atoms with Crippen LogP contribution in [0.4, 0.5) is 0 Å². The zero-order chi connectivity index (χ0) is 17.5. The zero-order valence-corrected chi connectivity index (χ0v) is 15.5. The summed E-state index contributed by atoms with van der Waals surface area (Å²) in [6.45, 7) is 7.34. The van der Waals surface area contributed by atoms with Crippen LogP contribution in [0.15, 0.2) is 30.3 Å². The molecule has 2 saturated heterocycles. The third-order valence-corrected chi connectivity index (χ3v) is 5.81. The highest BCUT2D eigenvalue weighted by Crippen LogP contribution is 2.27. The Morgan fingerprint density at radius 2 is 1.80 bits per heavy atom. The Morgan fingerprint density at radius 1 is 1.12 bits per heavy atom. The molecule has 2 heterocycles. The summed E-state index contributed by atoms with van der Waals surface area (Å²) in [5.74, 6) is 0.177. The molecule has 0 aromatic heterocycles. The Balaban J connectivity index is 1.52. The third-order valence-electron chi connectivity index (χ3n) is 5.81. The van der Waals surface area contributed by atoms with E-state index in [1.54, 1.807) is 0 Å². The van der Waals surface area contributed by atoms with Crippen LogP contribution >= 0.6 is 0 Å². The van der Waals surface area contributed by atoms with Crippen molar-refractivity contribution in [2.24, 2.45) is 0 Å². The van der Waals surface area contributed by atoms with Crippen molar-refractivity contribution >= 4 is 5.91 Å². The molecule has 0 radical (unpaired) electrons. The minimum atomic E-state index is 0.134. The summed E-state index contributed by atoms with van der Waals surface area (Å²) in [6.07, 6.45) is 3.63. The van der Waals surface area contributed by atoms with Crippen LogP contribution in [-0.2, 0) is 11.2 Å². The molecule has 0 saturated carbocycles. The highest BCUT2D eigenvalue weighted by Gasteiger charge is 2.39. The maximum atomic E-state index is 12.4. The van der Waals surface area contributed by atoms with Gasteiger partial charge in [0.2, 0.25) is 5.91 Å². The highest BCUT2D eigenvalue weighted by atomic mass is 16.1. The van der Waals surface area contributed by atoms with Crippen molar-refractivity contribution in [1.29, 1.82) is 0 Å². The molecule has 2 fully saturated rings. The van der Waals surface area contributed by atoms with Crippen molar-refractivity contribution in [3.63, 3.8) is 0 Å². The van der Waals surface area contributed by atoms with Gasteiger partial charge >= 0.3 is 0 Å². The molecule has 0 bridgehead atoms. The molecule has 2 aliphatic rings. The van der Waals surface area contributed by atoms with Gasteiger partial charge in [-0.15, -0.1) is 0 Å². The van der Waals surface area contributed by atoms with E-state index in [1.165, 1.54) is 5.56 Å². The largest absolute Gasteiger partial charge is 0.354 e. The molecule has 1 aromatic rings. The van der Waals surface area contributed by atoms with Gasteiger partial charge in [0.25, 0.3) is 0 Å². The van der Waals surface area contributed by atoms with Crippen molar-refractivity contribution < 1.29 is 4.79 Å². The summed E-state index contributed by atoms with van der Waals surface area (Å²) >= 11 is 0. The van der Waals surface area contributed by atoms with Crippen LogP contribution in [0.5, 0.6) is 0 Å². The lowest BCUT2D eigenvalue weighted by molar-refractivity contribution is -0.122. The molecule has 2 N–H and O–H groups in total. The number of hydrogen-bond donors (Lipinski definition) is 2. The number of benzene rings is 1. The highest BCUT2D eigenvalue weighted by molar-refractivity contribution is 5.76. The fourth-order valence-electron chi connectivity index (χ4n) is 4.03. The first kappa shape index (κ1) is 18.4. The van der Waals surface area contributed by atoms with Crippen molar-refractivity contribution in [2.45, 2.75) is 31.2 Å². The Morgan fingerprint density at radius 3 is 2.48 bits per heavy atom. The molecule has 5 nitrogen and oxygen atoms in total. The van der Waals surface area contributed by atoms with E-state index < -0.39 is 0 Å². The molecule has 1 amide bonds. The van der Waals surface area contributed by atoms with Crippen LogP contribution in [-0.4, -0.2) is 74.1 Å². The van der Waals surface area contributed by atoms with E-state index >= 15 is 0 Å². The van der Waals surface area contributed by atoms with Gasteiger partial charge in [-0.2, -0.15) is 0 Å². The van der Waals surface area contributed by atoms with Crippen molar-refractivity contribution in [3.8, 4) is 0 Å². The minimum Gasteiger partial charge on any atom is -0.354 e. The van der Waals surface area contributed by atoms with Crippen LogP contribution in [0, 0.1) is 0 Å². The summed E-state index contributed by atoms with van der Waals surface area (Å²) < 4.78 is 0. The normalized spacial score (nSPS) is 21.8. The quantitative estimate of drug-likeness (QED) is 0.812. The van der Waals surface area contributed by atoms with Gasteiger partial charge in [-0.25, -0.2) is 0 Å². The summed E-state index contributed by atoms with van der Waals surface area (Å²) in [4.78, 5) is 17.4. The van der Waals surface area contributed by atoms with E-state index in [9.17, 15) is 4.79 Å². The number of piperidine rings is 1. The first-order chi connectivity index (χ1) is 12.2.